The van der Waals surface area contributed by atoms with E-state index >= 15 is 0 Å². The minimum Gasteiger partial charge on any atom is -0.382 e. The summed E-state index contributed by atoms with van der Waals surface area (Å²) in [5, 5.41) is 3.65. The van der Waals surface area contributed by atoms with Gasteiger partial charge in [0.1, 0.15) is 0 Å². The van der Waals surface area contributed by atoms with Gasteiger partial charge in [0.05, 0.1) is 0 Å². The minimum atomic E-state index is 0.616. The first kappa shape index (κ1) is 12.4. The molecule has 0 bridgehead atoms. The van der Waals surface area contributed by atoms with E-state index in [-0.39, 0.29) is 0 Å². The van der Waals surface area contributed by atoms with Crippen molar-refractivity contribution in [3.05, 3.63) is 29.8 Å². The summed E-state index contributed by atoms with van der Waals surface area (Å²) in [6.07, 6.45) is 2.43. The van der Waals surface area contributed by atoms with Crippen LogP contribution in [0.25, 0.3) is 0 Å². The predicted molar refractivity (Wildman–Crippen MR) is 73.3 cm³/mol. The van der Waals surface area contributed by atoms with Crippen LogP contribution in [0.15, 0.2) is 24.3 Å². The maximum absolute atomic E-state index is 5.58. The van der Waals surface area contributed by atoms with Crippen LogP contribution in [0.5, 0.6) is 0 Å². The van der Waals surface area contributed by atoms with Crippen molar-refractivity contribution in [1.29, 1.82) is 0 Å². The van der Waals surface area contributed by atoms with Crippen molar-refractivity contribution >= 4 is 5.69 Å². The number of anilines is 1. The van der Waals surface area contributed by atoms with Crippen molar-refractivity contribution in [3.63, 3.8) is 0 Å². The van der Waals surface area contributed by atoms with Crippen LogP contribution in [0.4, 0.5) is 5.69 Å². The molecule has 0 saturated carbocycles. The van der Waals surface area contributed by atoms with Crippen LogP contribution in [-0.2, 0) is 0 Å². The zero-order valence-electron chi connectivity index (χ0n) is 10.7. The Morgan fingerprint density at radius 2 is 2.00 bits per heavy atom. The van der Waals surface area contributed by atoms with E-state index in [0.29, 0.717) is 6.04 Å². The summed E-state index contributed by atoms with van der Waals surface area (Å²) < 4.78 is 0. The van der Waals surface area contributed by atoms with Crippen LogP contribution in [0.3, 0.4) is 0 Å². The fraction of sp³-hybridized carbons (Fsp3) is 0.571. The molecule has 2 rings (SSSR count). The highest BCUT2D eigenvalue weighted by Gasteiger charge is 2.18. The van der Waals surface area contributed by atoms with Gasteiger partial charge in [-0.05, 0) is 31.4 Å². The average Bonchev–Trinajstić information content (AvgIpc) is 2.35. The number of likely N-dealkylation sites (tertiary alicyclic amines) is 1. The summed E-state index contributed by atoms with van der Waals surface area (Å²) in [4.78, 5) is 2.45. The summed E-state index contributed by atoms with van der Waals surface area (Å²) in [5.74, 6) is 0. The quantitative estimate of drug-likeness (QED) is 0.833. The summed E-state index contributed by atoms with van der Waals surface area (Å²) >= 11 is 0. The minimum absolute atomic E-state index is 0.616. The average molecular weight is 233 g/mol. The van der Waals surface area contributed by atoms with Crippen LogP contribution >= 0.6 is 0 Å². The lowest BCUT2D eigenvalue weighted by Crippen LogP contribution is -2.41. The van der Waals surface area contributed by atoms with Crippen molar-refractivity contribution in [3.8, 4) is 0 Å². The third-order valence-electron chi connectivity index (χ3n) is 3.54. The van der Waals surface area contributed by atoms with Gasteiger partial charge in [-0.15, -0.1) is 0 Å². The summed E-state index contributed by atoms with van der Waals surface area (Å²) in [6.45, 7) is 6.31. The summed E-state index contributed by atoms with van der Waals surface area (Å²) in [6, 6.07) is 9.13. The van der Waals surface area contributed by atoms with E-state index < -0.39 is 0 Å². The van der Waals surface area contributed by atoms with Gasteiger partial charge < -0.3 is 16.0 Å². The number of aryl methyl sites for hydroxylation is 1. The molecule has 0 aliphatic carbocycles. The van der Waals surface area contributed by atoms with E-state index in [1.54, 1.807) is 0 Å². The predicted octanol–water partition coefficient (Wildman–Crippen LogP) is 1.83. The van der Waals surface area contributed by atoms with E-state index in [4.69, 9.17) is 5.73 Å². The van der Waals surface area contributed by atoms with Gasteiger partial charge in [-0.1, -0.05) is 18.2 Å². The smallest absolute Gasteiger partial charge is 0.0372 e. The molecule has 3 heteroatoms. The molecule has 1 aromatic carbocycles. The number of hydrogen-bond acceptors (Lipinski definition) is 3. The van der Waals surface area contributed by atoms with Crippen LogP contribution in [-0.4, -0.2) is 37.1 Å². The van der Waals surface area contributed by atoms with Gasteiger partial charge in [-0.25, -0.2) is 0 Å². The maximum atomic E-state index is 5.58. The molecule has 0 amide bonds. The Morgan fingerprint density at radius 3 is 2.65 bits per heavy atom. The van der Waals surface area contributed by atoms with Gasteiger partial charge in [-0.2, -0.15) is 0 Å². The highest BCUT2D eigenvalue weighted by atomic mass is 15.1. The number of nitrogens with one attached hydrogen (secondary N) is 1. The number of benzene rings is 1. The molecular formula is C14H23N3. The SMILES string of the molecule is Cc1ccccc1NC1CCN(CCN)CC1. The van der Waals surface area contributed by atoms with Gasteiger partial charge in [0, 0.05) is 37.9 Å². The van der Waals surface area contributed by atoms with Crippen LogP contribution < -0.4 is 11.1 Å². The Morgan fingerprint density at radius 1 is 1.29 bits per heavy atom. The van der Waals surface area contributed by atoms with Gasteiger partial charge in [0.15, 0.2) is 0 Å². The van der Waals surface area contributed by atoms with E-state index in [9.17, 15) is 0 Å². The molecule has 0 unspecified atom stereocenters. The first-order chi connectivity index (χ1) is 8.29. The van der Waals surface area contributed by atoms with Crippen molar-refractivity contribution in [2.24, 2.45) is 5.73 Å². The lowest BCUT2D eigenvalue weighted by atomic mass is 10.0. The number of hydrogen-bond donors (Lipinski definition) is 2. The maximum Gasteiger partial charge on any atom is 0.0372 e. The van der Waals surface area contributed by atoms with E-state index in [1.807, 2.05) is 0 Å². The molecule has 1 heterocycles. The van der Waals surface area contributed by atoms with Gasteiger partial charge >= 0.3 is 0 Å². The van der Waals surface area contributed by atoms with Crippen LogP contribution in [0.1, 0.15) is 18.4 Å². The Hall–Kier alpha value is -1.06. The molecule has 1 aliphatic rings. The second-order valence-electron chi connectivity index (χ2n) is 4.86. The topological polar surface area (TPSA) is 41.3 Å². The molecule has 0 atom stereocenters. The van der Waals surface area contributed by atoms with Gasteiger partial charge in [-0.3, -0.25) is 0 Å². The van der Waals surface area contributed by atoms with Crippen molar-refractivity contribution in [2.75, 3.05) is 31.5 Å². The molecule has 1 fully saturated rings. The highest BCUT2D eigenvalue weighted by molar-refractivity contribution is 5.50. The zero-order valence-corrected chi connectivity index (χ0v) is 10.7. The molecule has 3 N–H and O–H groups in total. The highest BCUT2D eigenvalue weighted by Crippen LogP contribution is 2.19. The molecule has 3 nitrogen and oxygen atoms in total. The fourth-order valence-electron chi connectivity index (χ4n) is 2.44. The largest absolute Gasteiger partial charge is 0.382 e. The van der Waals surface area contributed by atoms with E-state index in [2.05, 4.69) is 41.4 Å². The Bertz CT molecular complexity index is 343. The third-order valence-corrected chi connectivity index (χ3v) is 3.54. The summed E-state index contributed by atoms with van der Waals surface area (Å²) in [7, 11) is 0. The van der Waals surface area contributed by atoms with Crippen molar-refractivity contribution in [2.45, 2.75) is 25.8 Å². The van der Waals surface area contributed by atoms with Crippen molar-refractivity contribution in [1.82, 2.24) is 4.90 Å². The zero-order chi connectivity index (χ0) is 12.1. The standard InChI is InChI=1S/C14H23N3/c1-12-4-2-3-5-14(12)16-13-6-9-17(10-7-13)11-8-15/h2-5,13,16H,6-11,15H2,1H3. The fourth-order valence-corrected chi connectivity index (χ4v) is 2.44. The second-order valence-corrected chi connectivity index (χ2v) is 4.86. The molecule has 0 spiro atoms. The second kappa shape index (κ2) is 6.03. The normalized spacial score (nSPS) is 18.2. The molecule has 17 heavy (non-hydrogen) atoms. The number of para-hydroxylation sites is 1. The molecular weight excluding hydrogens is 210 g/mol. The van der Waals surface area contributed by atoms with E-state index in [1.165, 1.54) is 37.2 Å². The molecule has 0 aromatic heterocycles. The Kier molecular flexibility index (Phi) is 4.40. The van der Waals surface area contributed by atoms with Crippen molar-refractivity contribution < 1.29 is 0 Å². The number of nitrogens with zero attached hydrogens (tertiary/aromatic N) is 1. The molecule has 1 aromatic rings. The number of rotatable bonds is 4. The van der Waals surface area contributed by atoms with E-state index in [0.717, 1.165) is 13.1 Å². The Labute approximate surface area is 104 Å². The first-order valence-electron chi connectivity index (χ1n) is 6.54. The molecule has 1 saturated heterocycles. The van der Waals surface area contributed by atoms with Gasteiger partial charge in [0.2, 0.25) is 0 Å². The lowest BCUT2D eigenvalue weighted by molar-refractivity contribution is 0.224. The number of nitrogens with two attached hydrogens (primary N) is 1. The lowest BCUT2D eigenvalue weighted by Gasteiger charge is -2.32. The van der Waals surface area contributed by atoms with Crippen LogP contribution in [0, 0.1) is 6.92 Å². The molecule has 94 valence electrons. The Balaban J connectivity index is 1.84. The number of piperidine rings is 1. The monoisotopic (exact) mass is 233 g/mol. The van der Waals surface area contributed by atoms with Gasteiger partial charge in [0.25, 0.3) is 0 Å². The molecule has 1 aliphatic heterocycles. The third kappa shape index (κ3) is 3.45. The molecule has 0 radical (unpaired) electrons. The summed E-state index contributed by atoms with van der Waals surface area (Å²) in [5.41, 5.74) is 8.19. The first-order valence-corrected chi connectivity index (χ1v) is 6.54. The van der Waals surface area contributed by atoms with Crippen LogP contribution in [0.2, 0.25) is 0 Å².